The number of thiazole rings is 1. The van der Waals surface area contributed by atoms with E-state index in [2.05, 4.69) is 10.3 Å². The molecule has 0 aliphatic carbocycles. The van der Waals surface area contributed by atoms with Gasteiger partial charge in [-0.05, 0) is 22.6 Å². The van der Waals surface area contributed by atoms with Crippen molar-refractivity contribution in [2.24, 2.45) is 0 Å². The first-order valence-corrected chi connectivity index (χ1v) is 8.43. The first-order chi connectivity index (χ1) is 10.8. The topological polar surface area (TPSA) is 62.2 Å². The maximum atomic E-state index is 12.2. The van der Waals surface area contributed by atoms with Crippen molar-refractivity contribution in [1.29, 1.82) is 0 Å². The molecule has 0 saturated carbocycles. The van der Waals surface area contributed by atoms with Crippen molar-refractivity contribution < 1.29 is 9.90 Å². The lowest BCUT2D eigenvalue weighted by atomic mass is 10.1. The molecule has 0 aliphatic rings. The molecule has 0 fully saturated rings. The van der Waals surface area contributed by atoms with Crippen molar-refractivity contribution in [2.75, 3.05) is 0 Å². The highest BCUT2D eigenvalue weighted by Crippen LogP contribution is 2.28. The van der Waals surface area contributed by atoms with Gasteiger partial charge < -0.3 is 10.4 Å². The molecule has 0 aliphatic heterocycles. The van der Waals surface area contributed by atoms with Crippen molar-refractivity contribution >= 4 is 28.6 Å². The summed E-state index contributed by atoms with van der Waals surface area (Å²) < 4.78 is 0. The Hall–Kier alpha value is -2.02. The van der Waals surface area contributed by atoms with Crippen LogP contribution in [0.3, 0.4) is 0 Å². The zero-order chi connectivity index (χ0) is 15.4. The van der Waals surface area contributed by atoms with Crippen molar-refractivity contribution in [1.82, 2.24) is 10.3 Å². The first-order valence-electron chi connectivity index (χ1n) is 6.73. The summed E-state index contributed by atoms with van der Waals surface area (Å²) in [5.41, 5.74) is 1.74. The third-order valence-corrected chi connectivity index (χ3v) is 5.22. The summed E-state index contributed by atoms with van der Waals surface area (Å²) in [6.07, 6.45) is 1.60. The molecule has 112 valence electrons. The predicted octanol–water partition coefficient (Wildman–Crippen LogP) is 3.29. The molecule has 0 saturated heterocycles. The number of aliphatic hydroxyl groups is 1. The van der Waals surface area contributed by atoms with E-state index in [0.717, 1.165) is 21.0 Å². The number of nitrogens with one attached hydrogen (secondary N) is 1. The molecule has 3 rings (SSSR count). The van der Waals surface area contributed by atoms with Crippen LogP contribution < -0.4 is 5.32 Å². The minimum absolute atomic E-state index is 0.0326. The molecule has 22 heavy (non-hydrogen) atoms. The van der Waals surface area contributed by atoms with Gasteiger partial charge in [0.15, 0.2) is 0 Å². The van der Waals surface area contributed by atoms with E-state index in [0.29, 0.717) is 11.4 Å². The highest BCUT2D eigenvalue weighted by atomic mass is 32.1. The van der Waals surface area contributed by atoms with Gasteiger partial charge in [-0.15, -0.1) is 22.7 Å². The lowest BCUT2D eigenvalue weighted by Gasteiger charge is -2.07. The van der Waals surface area contributed by atoms with Crippen LogP contribution in [0, 0.1) is 0 Å². The molecule has 4 nitrogen and oxygen atoms in total. The molecule has 2 N–H and O–H groups in total. The fourth-order valence-electron chi connectivity index (χ4n) is 2.04. The number of thiophene rings is 1. The second-order valence-corrected chi connectivity index (χ2v) is 6.59. The second kappa shape index (κ2) is 6.83. The highest BCUT2D eigenvalue weighted by Gasteiger charge is 2.12. The molecule has 3 aromatic rings. The summed E-state index contributed by atoms with van der Waals surface area (Å²) in [6.45, 7) is 0.358. The third kappa shape index (κ3) is 3.24. The Balaban J connectivity index is 1.67. The molecule has 0 bridgehead atoms. The van der Waals surface area contributed by atoms with Crippen LogP contribution >= 0.6 is 22.7 Å². The Morgan fingerprint density at radius 2 is 2.00 bits per heavy atom. The van der Waals surface area contributed by atoms with Crippen molar-refractivity contribution in [2.45, 2.75) is 13.2 Å². The Morgan fingerprint density at radius 3 is 2.73 bits per heavy atom. The van der Waals surface area contributed by atoms with E-state index in [-0.39, 0.29) is 12.5 Å². The van der Waals surface area contributed by atoms with Crippen LogP contribution in [0.25, 0.3) is 9.88 Å². The number of amides is 1. The fourth-order valence-corrected chi connectivity index (χ4v) is 3.68. The largest absolute Gasteiger partial charge is 0.392 e. The van der Waals surface area contributed by atoms with Gasteiger partial charge in [-0.25, -0.2) is 4.98 Å². The predicted molar refractivity (Wildman–Crippen MR) is 89.0 cm³/mol. The molecule has 6 heteroatoms. The molecule has 0 spiro atoms. The minimum Gasteiger partial charge on any atom is -0.392 e. The van der Waals surface area contributed by atoms with Crippen LogP contribution in [-0.2, 0) is 13.2 Å². The molecule has 0 radical (unpaired) electrons. The van der Waals surface area contributed by atoms with Crippen LogP contribution in [-0.4, -0.2) is 16.0 Å². The lowest BCUT2D eigenvalue weighted by molar-refractivity contribution is 0.0954. The molecule has 1 amide bonds. The fraction of sp³-hybridized carbons (Fsp3) is 0.125. The van der Waals surface area contributed by atoms with Gasteiger partial charge in [0.05, 0.1) is 17.7 Å². The Morgan fingerprint density at radius 1 is 1.18 bits per heavy atom. The van der Waals surface area contributed by atoms with Crippen LogP contribution in [0.15, 0.2) is 48.0 Å². The lowest BCUT2D eigenvalue weighted by Crippen LogP contribution is -2.22. The van der Waals surface area contributed by atoms with Crippen LogP contribution in [0.1, 0.15) is 20.8 Å². The summed E-state index contributed by atoms with van der Waals surface area (Å²) in [5, 5.41) is 15.0. The number of benzene rings is 1. The van der Waals surface area contributed by atoms with Gasteiger partial charge in [0.1, 0.15) is 9.88 Å². The van der Waals surface area contributed by atoms with Crippen LogP contribution in [0.2, 0.25) is 0 Å². The Bertz CT molecular complexity index is 766. The maximum absolute atomic E-state index is 12.2. The standard InChI is InChI=1S/C16H14N2O2S2/c19-10-12-5-2-1-4-11(12)8-17-15(20)14-9-18-16(22-14)13-6-3-7-21-13/h1-7,9,19H,8,10H2,(H,17,20). The van der Waals surface area contributed by atoms with Crippen molar-refractivity contribution in [3.05, 3.63) is 64.0 Å². The second-order valence-electron chi connectivity index (χ2n) is 4.62. The number of aliphatic hydroxyl groups excluding tert-OH is 1. The number of hydrogen-bond acceptors (Lipinski definition) is 5. The van der Waals surface area contributed by atoms with Gasteiger partial charge in [0.25, 0.3) is 5.91 Å². The maximum Gasteiger partial charge on any atom is 0.263 e. The van der Waals surface area contributed by atoms with Gasteiger partial charge in [-0.3, -0.25) is 4.79 Å². The van der Waals surface area contributed by atoms with Crippen LogP contribution in [0.5, 0.6) is 0 Å². The highest BCUT2D eigenvalue weighted by molar-refractivity contribution is 7.21. The van der Waals surface area contributed by atoms with E-state index < -0.39 is 0 Å². The van der Waals surface area contributed by atoms with E-state index in [9.17, 15) is 9.90 Å². The summed E-state index contributed by atoms with van der Waals surface area (Å²) in [7, 11) is 0. The number of carbonyl (C=O) groups excluding carboxylic acids is 1. The zero-order valence-corrected chi connectivity index (χ0v) is 13.3. The van der Waals surface area contributed by atoms with E-state index in [1.165, 1.54) is 11.3 Å². The van der Waals surface area contributed by atoms with Gasteiger partial charge >= 0.3 is 0 Å². The van der Waals surface area contributed by atoms with Gasteiger partial charge in [-0.1, -0.05) is 30.3 Å². The average Bonchev–Trinajstić information content (AvgIpc) is 3.23. The summed E-state index contributed by atoms with van der Waals surface area (Å²) in [4.78, 5) is 18.1. The monoisotopic (exact) mass is 330 g/mol. The summed E-state index contributed by atoms with van der Waals surface area (Å²) in [6, 6.07) is 11.5. The van der Waals surface area contributed by atoms with Gasteiger partial charge in [0.2, 0.25) is 0 Å². The van der Waals surface area contributed by atoms with Gasteiger partial charge in [0, 0.05) is 6.54 Å². The number of nitrogens with zero attached hydrogens (tertiary/aromatic N) is 1. The molecular formula is C16H14N2O2S2. The smallest absolute Gasteiger partial charge is 0.263 e. The third-order valence-electron chi connectivity index (χ3n) is 3.19. The van der Waals surface area contributed by atoms with E-state index in [1.54, 1.807) is 17.5 Å². The normalized spacial score (nSPS) is 10.6. The molecule has 2 aromatic heterocycles. The van der Waals surface area contributed by atoms with E-state index >= 15 is 0 Å². The molecule has 0 unspecified atom stereocenters. The molecule has 1 aromatic carbocycles. The molecule has 0 atom stereocenters. The SMILES string of the molecule is O=C(NCc1ccccc1CO)c1cnc(-c2cccs2)s1. The van der Waals surface area contributed by atoms with Gasteiger partial charge in [-0.2, -0.15) is 0 Å². The van der Waals surface area contributed by atoms with Crippen molar-refractivity contribution in [3.8, 4) is 9.88 Å². The number of aromatic nitrogens is 1. The average molecular weight is 330 g/mol. The number of hydrogen-bond donors (Lipinski definition) is 2. The number of carbonyl (C=O) groups is 1. The quantitative estimate of drug-likeness (QED) is 0.754. The number of rotatable bonds is 5. The Kier molecular flexibility index (Phi) is 4.62. The summed E-state index contributed by atoms with van der Waals surface area (Å²) in [5.74, 6) is -0.145. The first kappa shape index (κ1) is 14.9. The molecule has 2 heterocycles. The van der Waals surface area contributed by atoms with Crippen molar-refractivity contribution in [3.63, 3.8) is 0 Å². The minimum atomic E-state index is -0.145. The summed E-state index contributed by atoms with van der Waals surface area (Å²) >= 11 is 2.99. The van der Waals surface area contributed by atoms with Crippen LogP contribution in [0.4, 0.5) is 0 Å². The zero-order valence-electron chi connectivity index (χ0n) is 11.7. The van der Waals surface area contributed by atoms with E-state index in [1.807, 2.05) is 41.8 Å². The molecular weight excluding hydrogens is 316 g/mol. The van der Waals surface area contributed by atoms with E-state index in [4.69, 9.17) is 0 Å². The Labute approximate surface area is 136 Å².